The zero-order valence-electron chi connectivity index (χ0n) is 8.54. The van der Waals surface area contributed by atoms with Crippen LogP contribution in [0.5, 0.6) is 0 Å². The Labute approximate surface area is 88.1 Å². The molecule has 0 atom stereocenters. The zero-order chi connectivity index (χ0) is 10.3. The number of amides is 1. The summed E-state index contributed by atoms with van der Waals surface area (Å²) in [4.78, 5) is 15.4. The molecule has 2 fully saturated rings. The van der Waals surface area contributed by atoms with Crippen molar-refractivity contribution in [3.63, 3.8) is 0 Å². The molecule has 0 spiro atoms. The molecule has 1 saturated heterocycles. The van der Waals surface area contributed by atoms with E-state index in [-0.39, 0.29) is 0 Å². The molecule has 2 heterocycles. The first-order valence-corrected chi connectivity index (χ1v) is 5.49. The highest BCUT2D eigenvalue weighted by Gasteiger charge is 2.37. The monoisotopic (exact) mass is 206 g/mol. The van der Waals surface area contributed by atoms with Gasteiger partial charge in [-0.3, -0.25) is 4.79 Å². The Morgan fingerprint density at radius 3 is 2.40 bits per heavy atom. The lowest BCUT2D eigenvalue weighted by molar-refractivity contribution is -0.144. The van der Waals surface area contributed by atoms with E-state index in [0.717, 1.165) is 25.9 Å². The molecular weight excluding hydrogens is 192 g/mol. The average Bonchev–Trinajstić information content (AvgIpc) is 2.50. The van der Waals surface area contributed by atoms with Crippen LogP contribution in [0.15, 0.2) is 12.4 Å². The first kappa shape index (κ1) is 8.88. The van der Waals surface area contributed by atoms with E-state index in [1.807, 2.05) is 4.90 Å². The van der Waals surface area contributed by atoms with Crippen LogP contribution in [0.4, 0.5) is 0 Å². The van der Waals surface area contributed by atoms with Gasteiger partial charge in [-0.1, -0.05) is 6.42 Å². The molecule has 1 aliphatic carbocycles. The standard InChI is InChI=1S/C10H14N4O/c15-10(8-2-1-3-8)13-6-9(7-13)14-11-4-5-12-14/h4-5,8-9H,1-3,6-7H2. The Bertz CT molecular complexity index is 352. The zero-order valence-corrected chi connectivity index (χ0v) is 8.54. The number of carbonyl (C=O) groups is 1. The van der Waals surface area contributed by atoms with Gasteiger partial charge in [0.25, 0.3) is 0 Å². The fourth-order valence-corrected chi connectivity index (χ4v) is 2.11. The van der Waals surface area contributed by atoms with E-state index in [0.29, 0.717) is 17.9 Å². The lowest BCUT2D eigenvalue weighted by atomic mass is 9.83. The van der Waals surface area contributed by atoms with Crippen molar-refractivity contribution in [3.05, 3.63) is 12.4 Å². The normalized spacial score (nSPS) is 22.3. The highest BCUT2D eigenvalue weighted by Crippen LogP contribution is 2.31. The molecule has 80 valence electrons. The van der Waals surface area contributed by atoms with E-state index in [1.54, 1.807) is 17.2 Å². The second-order valence-electron chi connectivity index (χ2n) is 4.37. The minimum atomic E-state index is 0.295. The van der Waals surface area contributed by atoms with E-state index < -0.39 is 0 Å². The number of aromatic nitrogens is 3. The molecule has 0 unspecified atom stereocenters. The molecule has 0 bridgehead atoms. The predicted octanol–water partition coefficient (Wildman–Crippen LogP) is 0.462. The van der Waals surface area contributed by atoms with Crippen molar-refractivity contribution in [1.29, 1.82) is 0 Å². The summed E-state index contributed by atoms with van der Waals surface area (Å²) in [6.45, 7) is 1.56. The van der Waals surface area contributed by atoms with Gasteiger partial charge in [0, 0.05) is 19.0 Å². The van der Waals surface area contributed by atoms with Crippen molar-refractivity contribution in [3.8, 4) is 0 Å². The molecular formula is C10H14N4O. The topological polar surface area (TPSA) is 51.0 Å². The van der Waals surface area contributed by atoms with E-state index in [9.17, 15) is 4.79 Å². The summed E-state index contributed by atoms with van der Waals surface area (Å²) in [5.74, 6) is 0.654. The molecule has 1 aromatic heterocycles. The van der Waals surface area contributed by atoms with Gasteiger partial charge in [0.15, 0.2) is 0 Å². The molecule has 15 heavy (non-hydrogen) atoms. The predicted molar refractivity (Wildman–Crippen MR) is 53.0 cm³/mol. The molecule has 0 radical (unpaired) electrons. The van der Waals surface area contributed by atoms with Gasteiger partial charge < -0.3 is 4.90 Å². The molecule has 1 aromatic rings. The minimum absolute atomic E-state index is 0.295. The summed E-state index contributed by atoms with van der Waals surface area (Å²) < 4.78 is 0. The van der Waals surface area contributed by atoms with Crippen LogP contribution in [-0.4, -0.2) is 38.9 Å². The average molecular weight is 206 g/mol. The quantitative estimate of drug-likeness (QED) is 0.706. The van der Waals surface area contributed by atoms with Crippen LogP contribution in [0.2, 0.25) is 0 Å². The van der Waals surface area contributed by atoms with Crippen molar-refractivity contribution in [2.45, 2.75) is 25.3 Å². The van der Waals surface area contributed by atoms with Gasteiger partial charge in [-0.15, -0.1) is 0 Å². The SMILES string of the molecule is O=C(C1CCC1)N1CC(n2nccn2)C1. The van der Waals surface area contributed by atoms with Crippen LogP contribution in [0, 0.1) is 5.92 Å². The van der Waals surface area contributed by atoms with Crippen LogP contribution in [0.1, 0.15) is 25.3 Å². The van der Waals surface area contributed by atoms with Crippen LogP contribution >= 0.6 is 0 Å². The fourth-order valence-electron chi connectivity index (χ4n) is 2.11. The van der Waals surface area contributed by atoms with Gasteiger partial charge in [0.1, 0.15) is 6.04 Å². The summed E-state index contributed by atoms with van der Waals surface area (Å²) in [6.07, 6.45) is 6.74. The Morgan fingerprint density at radius 2 is 1.87 bits per heavy atom. The molecule has 5 heteroatoms. The molecule has 1 saturated carbocycles. The molecule has 5 nitrogen and oxygen atoms in total. The van der Waals surface area contributed by atoms with E-state index >= 15 is 0 Å². The van der Waals surface area contributed by atoms with Gasteiger partial charge in [0.05, 0.1) is 12.4 Å². The molecule has 2 aliphatic rings. The van der Waals surface area contributed by atoms with Crippen molar-refractivity contribution >= 4 is 5.91 Å². The van der Waals surface area contributed by atoms with Crippen molar-refractivity contribution in [2.75, 3.05) is 13.1 Å². The number of likely N-dealkylation sites (tertiary alicyclic amines) is 1. The Kier molecular flexibility index (Phi) is 1.97. The molecule has 0 aromatic carbocycles. The highest BCUT2D eigenvalue weighted by molar-refractivity contribution is 5.80. The second kappa shape index (κ2) is 3.32. The lowest BCUT2D eigenvalue weighted by Crippen LogP contribution is -2.53. The third-order valence-corrected chi connectivity index (χ3v) is 3.39. The number of hydrogen-bond acceptors (Lipinski definition) is 3. The molecule has 1 aliphatic heterocycles. The maximum absolute atomic E-state index is 11.8. The smallest absolute Gasteiger partial charge is 0.225 e. The Balaban J connectivity index is 1.55. The van der Waals surface area contributed by atoms with Gasteiger partial charge in [0.2, 0.25) is 5.91 Å². The van der Waals surface area contributed by atoms with Crippen molar-refractivity contribution in [1.82, 2.24) is 19.9 Å². The fraction of sp³-hybridized carbons (Fsp3) is 0.700. The maximum Gasteiger partial charge on any atom is 0.225 e. The van der Waals surface area contributed by atoms with E-state index in [4.69, 9.17) is 0 Å². The first-order chi connectivity index (χ1) is 7.34. The maximum atomic E-state index is 11.8. The number of carbonyl (C=O) groups excluding carboxylic acids is 1. The van der Waals surface area contributed by atoms with Crippen molar-refractivity contribution in [2.24, 2.45) is 5.92 Å². The summed E-state index contributed by atoms with van der Waals surface area (Å²) in [6, 6.07) is 0.295. The van der Waals surface area contributed by atoms with Gasteiger partial charge in [-0.2, -0.15) is 15.0 Å². The lowest BCUT2D eigenvalue weighted by Gasteiger charge is -2.41. The molecule has 3 rings (SSSR count). The highest BCUT2D eigenvalue weighted by atomic mass is 16.2. The number of nitrogens with zero attached hydrogens (tertiary/aromatic N) is 4. The Hall–Kier alpha value is -1.39. The first-order valence-electron chi connectivity index (χ1n) is 5.49. The minimum Gasteiger partial charge on any atom is -0.338 e. The number of rotatable bonds is 2. The van der Waals surface area contributed by atoms with Crippen LogP contribution in [0.3, 0.4) is 0 Å². The van der Waals surface area contributed by atoms with Gasteiger partial charge in [-0.25, -0.2) is 0 Å². The van der Waals surface area contributed by atoms with E-state index in [1.165, 1.54) is 6.42 Å². The van der Waals surface area contributed by atoms with Crippen LogP contribution < -0.4 is 0 Å². The van der Waals surface area contributed by atoms with Crippen LogP contribution in [0.25, 0.3) is 0 Å². The van der Waals surface area contributed by atoms with Gasteiger partial charge in [-0.05, 0) is 12.8 Å². The number of hydrogen-bond donors (Lipinski definition) is 0. The summed E-state index contributed by atoms with van der Waals surface area (Å²) in [7, 11) is 0. The molecule has 1 amide bonds. The summed E-state index contributed by atoms with van der Waals surface area (Å²) in [5, 5.41) is 8.16. The third kappa shape index (κ3) is 1.42. The summed E-state index contributed by atoms with van der Waals surface area (Å²) >= 11 is 0. The Morgan fingerprint density at radius 1 is 1.20 bits per heavy atom. The largest absolute Gasteiger partial charge is 0.338 e. The van der Waals surface area contributed by atoms with Gasteiger partial charge >= 0.3 is 0 Å². The van der Waals surface area contributed by atoms with Crippen molar-refractivity contribution < 1.29 is 4.79 Å². The van der Waals surface area contributed by atoms with Crippen LogP contribution in [-0.2, 0) is 4.79 Å². The van der Waals surface area contributed by atoms with E-state index in [2.05, 4.69) is 10.2 Å². The molecule has 0 N–H and O–H groups in total. The third-order valence-electron chi connectivity index (χ3n) is 3.39. The summed E-state index contributed by atoms with van der Waals surface area (Å²) in [5.41, 5.74) is 0. The second-order valence-corrected chi connectivity index (χ2v) is 4.37.